The summed E-state index contributed by atoms with van der Waals surface area (Å²) in [5, 5.41) is 2.53. The van der Waals surface area contributed by atoms with Crippen LogP contribution < -0.4 is 11.1 Å². The summed E-state index contributed by atoms with van der Waals surface area (Å²) in [6.45, 7) is 3.67. The van der Waals surface area contributed by atoms with Gasteiger partial charge in [-0.15, -0.1) is 0 Å². The van der Waals surface area contributed by atoms with Crippen LogP contribution in [-0.2, 0) is 9.47 Å². The van der Waals surface area contributed by atoms with E-state index in [0.717, 1.165) is 6.34 Å². The lowest BCUT2D eigenvalue weighted by Crippen LogP contribution is -2.53. The maximum Gasteiger partial charge on any atom is 0.422 e. The average Bonchev–Trinajstić information content (AvgIpc) is 2.58. The van der Waals surface area contributed by atoms with Gasteiger partial charge in [-0.2, -0.15) is 13.2 Å². The van der Waals surface area contributed by atoms with Crippen LogP contribution in [0.3, 0.4) is 0 Å². The first-order chi connectivity index (χ1) is 13.8. The van der Waals surface area contributed by atoms with Crippen molar-refractivity contribution in [1.82, 2.24) is 4.98 Å². The number of rotatable bonds is 2. The van der Waals surface area contributed by atoms with Crippen molar-refractivity contribution in [2.24, 2.45) is 15.7 Å². The zero-order valence-electron chi connectivity index (χ0n) is 16.2. The maximum absolute atomic E-state index is 12.4. The number of aromatic nitrogens is 1. The molecule has 162 valence electrons. The molecule has 0 fully saturated rings. The molecule has 0 saturated carbocycles. The number of carbonyl (C=O) groups is 1. The van der Waals surface area contributed by atoms with Crippen LogP contribution in [0.1, 0.15) is 26.5 Å². The summed E-state index contributed by atoms with van der Waals surface area (Å²) < 4.78 is 45.3. The van der Waals surface area contributed by atoms with Crippen LogP contribution in [-0.4, -0.2) is 52.2 Å². The van der Waals surface area contributed by atoms with Crippen molar-refractivity contribution >= 4 is 39.9 Å². The SMILES string of the molecule is CC(C)(C)OC(=O)Nc1ccc(C#CC2N=CN=C(OCC(F)(F)F)C2(N)Br)nc1. The van der Waals surface area contributed by atoms with Crippen molar-refractivity contribution in [3.05, 3.63) is 24.0 Å². The zero-order chi connectivity index (χ0) is 22.6. The largest absolute Gasteiger partial charge is 0.469 e. The third kappa shape index (κ3) is 7.31. The molecule has 1 aromatic rings. The second kappa shape index (κ2) is 9.01. The highest BCUT2D eigenvalue weighted by Gasteiger charge is 2.42. The minimum absolute atomic E-state index is 0.323. The molecule has 2 atom stereocenters. The fourth-order valence-electron chi connectivity index (χ4n) is 2.02. The number of halogens is 4. The monoisotopic (exact) mass is 489 g/mol. The molecule has 0 aromatic carbocycles. The Hall–Kier alpha value is -2.65. The summed E-state index contributed by atoms with van der Waals surface area (Å²) in [7, 11) is 0. The van der Waals surface area contributed by atoms with E-state index in [1.165, 1.54) is 12.3 Å². The molecule has 0 bridgehead atoms. The van der Waals surface area contributed by atoms with Crippen molar-refractivity contribution in [3.8, 4) is 11.8 Å². The Bertz CT molecular complexity index is 897. The number of amides is 1. The molecule has 1 aromatic heterocycles. The molecule has 12 heteroatoms. The first-order valence-corrected chi connectivity index (χ1v) is 9.30. The van der Waals surface area contributed by atoms with Gasteiger partial charge in [-0.1, -0.05) is 21.9 Å². The molecule has 0 aliphatic carbocycles. The number of anilines is 1. The number of hydrogen-bond acceptors (Lipinski definition) is 7. The maximum atomic E-state index is 12.4. The minimum Gasteiger partial charge on any atom is -0.469 e. The number of nitrogens with one attached hydrogen (secondary N) is 1. The summed E-state index contributed by atoms with van der Waals surface area (Å²) in [4.78, 5) is 23.4. The van der Waals surface area contributed by atoms with Crippen LogP contribution in [0.2, 0.25) is 0 Å². The Morgan fingerprint density at radius 3 is 2.63 bits per heavy atom. The summed E-state index contributed by atoms with van der Waals surface area (Å²) >= 11 is 3.09. The molecule has 1 amide bonds. The standard InChI is InChI=1S/C18H19BrF3N5O3/c1-16(2,3)30-15(28)27-12-5-4-11(24-8-12)6-7-13-18(19,23)14(26-10-25-13)29-9-17(20,21)22/h4-5,8,10,13H,9,23H2,1-3H3,(H,27,28). The van der Waals surface area contributed by atoms with Crippen molar-refractivity contribution < 1.29 is 27.4 Å². The molecule has 2 heterocycles. The molecule has 0 saturated heterocycles. The second-order valence-electron chi connectivity index (χ2n) is 7.10. The molecule has 1 aliphatic heterocycles. The summed E-state index contributed by atoms with van der Waals surface area (Å²) in [6.07, 6.45) is -2.77. The molecule has 30 heavy (non-hydrogen) atoms. The Morgan fingerprint density at radius 2 is 2.07 bits per heavy atom. The van der Waals surface area contributed by atoms with Gasteiger partial charge in [-0.05, 0) is 38.8 Å². The fraction of sp³-hybridized carbons (Fsp3) is 0.444. The molecular weight excluding hydrogens is 471 g/mol. The van der Waals surface area contributed by atoms with Crippen molar-refractivity contribution in [3.63, 3.8) is 0 Å². The number of alkyl halides is 4. The number of hydrogen-bond donors (Lipinski definition) is 2. The third-order valence-electron chi connectivity index (χ3n) is 3.23. The minimum atomic E-state index is -4.54. The predicted octanol–water partition coefficient (Wildman–Crippen LogP) is 3.22. The lowest BCUT2D eigenvalue weighted by atomic mass is 10.1. The van der Waals surface area contributed by atoms with Gasteiger partial charge in [0.05, 0.1) is 11.9 Å². The van der Waals surface area contributed by atoms with Crippen LogP contribution in [0.5, 0.6) is 0 Å². The number of aliphatic imine (C=N–C) groups is 2. The molecule has 3 N–H and O–H groups in total. The number of pyridine rings is 1. The second-order valence-corrected chi connectivity index (χ2v) is 8.41. The van der Waals surface area contributed by atoms with Gasteiger partial charge in [0.15, 0.2) is 11.1 Å². The van der Waals surface area contributed by atoms with Gasteiger partial charge in [0.2, 0.25) is 5.90 Å². The van der Waals surface area contributed by atoms with Gasteiger partial charge in [0, 0.05) is 0 Å². The van der Waals surface area contributed by atoms with Gasteiger partial charge >= 0.3 is 12.3 Å². The third-order valence-corrected chi connectivity index (χ3v) is 4.01. The first-order valence-electron chi connectivity index (χ1n) is 8.51. The van der Waals surface area contributed by atoms with E-state index in [-0.39, 0.29) is 5.90 Å². The van der Waals surface area contributed by atoms with Crippen LogP contribution >= 0.6 is 15.9 Å². The van der Waals surface area contributed by atoms with Gasteiger partial charge in [-0.25, -0.2) is 14.8 Å². The summed E-state index contributed by atoms with van der Waals surface area (Å²) in [5.74, 6) is 5.04. The topological polar surface area (TPSA) is 111 Å². The number of nitrogens with two attached hydrogens (primary N) is 1. The molecule has 8 nitrogen and oxygen atoms in total. The van der Waals surface area contributed by atoms with E-state index in [1.807, 2.05) is 0 Å². The molecule has 0 radical (unpaired) electrons. The lowest BCUT2D eigenvalue weighted by molar-refractivity contribution is -0.156. The van der Waals surface area contributed by atoms with Gasteiger partial charge in [0.25, 0.3) is 0 Å². The van der Waals surface area contributed by atoms with Crippen LogP contribution in [0.4, 0.5) is 23.7 Å². The Labute approximate surface area is 179 Å². The van der Waals surface area contributed by atoms with Gasteiger partial charge in [-0.3, -0.25) is 10.3 Å². The molecule has 1 aliphatic rings. The van der Waals surface area contributed by atoms with Crippen molar-refractivity contribution in [1.29, 1.82) is 0 Å². The van der Waals surface area contributed by atoms with Crippen molar-refractivity contribution in [2.45, 2.75) is 43.0 Å². The summed E-state index contributed by atoms with van der Waals surface area (Å²) in [5.41, 5.74) is 6.07. The van der Waals surface area contributed by atoms with E-state index in [2.05, 4.69) is 52.8 Å². The lowest BCUT2D eigenvalue weighted by Gasteiger charge is -2.29. The molecular formula is C18H19BrF3N5O3. The Balaban J connectivity index is 2.04. The van der Waals surface area contributed by atoms with E-state index in [0.29, 0.717) is 11.4 Å². The average molecular weight is 490 g/mol. The smallest absolute Gasteiger partial charge is 0.422 e. The van der Waals surface area contributed by atoms with Crippen molar-refractivity contribution in [2.75, 3.05) is 11.9 Å². The van der Waals surface area contributed by atoms with Crippen LogP contribution in [0, 0.1) is 11.8 Å². The Kier molecular flexibility index (Phi) is 7.10. The number of carbonyl (C=O) groups excluding carboxylic acids is 1. The normalized spacial score (nSPS) is 21.2. The highest BCUT2D eigenvalue weighted by molar-refractivity contribution is 9.10. The molecule has 2 unspecified atom stereocenters. The molecule has 0 spiro atoms. The molecule has 2 rings (SSSR count). The Morgan fingerprint density at radius 1 is 1.37 bits per heavy atom. The zero-order valence-corrected chi connectivity index (χ0v) is 17.8. The van der Waals surface area contributed by atoms with E-state index >= 15 is 0 Å². The van der Waals surface area contributed by atoms with E-state index < -0.39 is 35.0 Å². The van der Waals surface area contributed by atoms with Crippen LogP contribution in [0.15, 0.2) is 28.3 Å². The van der Waals surface area contributed by atoms with E-state index in [9.17, 15) is 18.0 Å². The quantitative estimate of drug-likeness (QED) is 0.376. The highest BCUT2D eigenvalue weighted by Crippen LogP contribution is 2.26. The van der Waals surface area contributed by atoms with E-state index in [4.69, 9.17) is 10.5 Å². The van der Waals surface area contributed by atoms with E-state index in [1.54, 1.807) is 26.8 Å². The number of nitrogens with zero attached hydrogens (tertiary/aromatic N) is 3. The van der Waals surface area contributed by atoms with Gasteiger partial charge in [0.1, 0.15) is 23.7 Å². The van der Waals surface area contributed by atoms with Gasteiger partial charge < -0.3 is 15.2 Å². The summed E-state index contributed by atoms with van der Waals surface area (Å²) in [6, 6.07) is 2.13. The first kappa shape index (κ1) is 23.6. The fourth-order valence-corrected chi connectivity index (χ4v) is 2.47. The van der Waals surface area contributed by atoms with Crippen LogP contribution in [0.25, 0.3) is 0 Å². The number of ether oxygens (including phenoxy) is 2. The highest BCUT2D eigenvalue weighted by atomic mass is 79.9. The predicted molar refractivity (Wildman–Crippen MR) is 109 cm³/mol.